The normalized spacial score (nSPS) is 15.4. The van der Waals surface area contributed by atoms with Crippen molar-refractivity contribution in [2.45, 2.75) is 19.0 Å². The third-order valence-corrected chi connectivity index (χ3v) is 6.53. The smallest absolute Gasteiger partial charge is 0.203 e. The van der Waals surface area contributed by atoms with E-state index in [9.17, 15) is 0 Å². The topological polar surface area (TPSA) is 49.4 Å². The highest BCUT2D eigenvalue weighted by atomic mass is 35.5. The van der Waals surface area contributed by atoms with Gasteiger partial charge in [0.1, 0.15) is 0 Å². The summed E-state index contributed by atoms with van der Waals surface area (Å²) in [5, 5.41) is 0.703. The molecule has 7 heteroatoms. The van der Waals surface area contributed by atoms with Crippen LogP contribution >= 0.6 is 11.6 Å². The Hall–Kier alpha value is -3.09. The Morgan fingerprint density at radius 3 is 2.15 bits per heavy atom. The number of ether oxygens (including phenoxy) is 5. The van der Waals surface area contributed by atoms with E-state index in [1.165, 1.54) is 11.1 Å². The molecule has 3 aromatic rings. The first-order chi connectivity index (χ1) is 16.5. The summed E-state index contributed by atoms with van der Waals surface area (Å²) in [6.45, 7) is 1.49. The average Bonchev–Trinajstić information content (AvgIpc) is 2.87. The number of benzene rings is 3. The van der Waals surface area contributed by atoms with Gasteiger partial charge < -0.3 is 23.7 Å². The fourth-order valence-corrected chi connectivity index (χ4v) is 4.94. The average molecular weight is 484 g/mol. The van der Waals surface area contributed by atoms with Crippen molar-refractivity contribution in [1.29, 1.82) is 0 Å². The third-order valence-electron chi connectivity index (χ3n) is 6.30. The first-order valence-corrected chi connectivity index (χ1v) is 11.4. The van der Waals surface area contributed by atoms with Crippen LogP contribution in [0.2, 0.25) is 5.02 Å². The van der Waals surface area contributed by atoms with Crippen LogP contribution in [0.5, 0.6) is 28.7 Å². The number of hydrogen-bond acceptors (Lipinski definition) is 6. The predicted molar refractivity (Wildman–Crippen MR) is 133 cm³/mol. The van der Waals surface area contributed by atoms with Crippen molar-refractivity contribution < 1.29 is 23.7 Å². The van der Waals surface area contributed by atoms with Gasteiger partial charge in [0, 0.05) is 23.7 Å². The van der Waals surface area contributed by atoms with Gasteiger partial charge in [0.2, 0.25) is 5.75 Å². The Labute approximate surface area is 205 Å². The van der Waals surface area contributed by atoms with E-state index in [4.69, 9.17) is 35.3 Å². The lowest BCUT2D eigenvalue weighted by molar-refractivity contribution is 0.200. The maximum Gasteiger partial charge on any atom is 0.203 e. The van der Waals surface area contributed by atoms with Gasteiger partial charge in [-0.3, -0.25) is 4.90 Å². The fourth-order valence-electron chi connectivity index (χ4n) is 4.74. The molecule has 6 nitrogen and oxygen atoms in total. The van der Waals surface area contributed by atoms with Crippen LogP contribution in [0.1, 0.15) is 28.3 Å². The summed E-state index contributed by atoms with van der Waals surface area (Å²) < 4.78 is 28.0. The molecule has 1 heterocycles. The zero-order chi connectivity index (χ0) is 24.2. The molecule has 0 amide bonds. The quantitative estimate of drug-likeness (QED) is 0.420. The zero-order valence-electron chi connectivity index (χ0n) is 20.2. The molecule has 0 unspecified atom stereocenters. The third kappa shape index (κ3) is 4.48. The summed E-state index contributed by atoms with van der Waals surface area (Å²) in [4.78, 5) is 2.42. The van der Waals surface area contributed by atoms with Gasteiger partial charge in [-0.1, -0.05) is 29.8 Å². The van der Waals surface area contributed by atoms with Gasteiger partial charge in [0.25, 0.3) is 0 Å². The van der Waals surface area contributed by atoms with Crippen molar-refractivity contribution in [1.82, 2.24) is 4.90 Å². The maximum absolute atomic E-state index is 6.41. The Morgan fingerprint density at radius 1 is 0.794 bits per heavy atom. The van der Waals surface area contributed by atoms with Crippen LogP contribution in [0.3, 0.4) is 0 Å². The van der Waals surface area contributed by atoms with Gasteiger partial charge in [-0.15, -0.1) is 0 Å². The van der Waals surface area contributed by atoms with Crippen molar-refractivity contribution >= 4 is 11.6 Å². The Kier molecular flexibility index (Phi) is 7.39. The molecule has 0 N–H and O–H groups in total. The van der Waals surface area contributed by atoms with E-state index >= 15 is 0 Å². The molecule has 34 heavy (non-hydrogen) atoms. The number of halogens is 1. The molecular weight excluding hydrogens is 454 g/mol. The lowest BCUT2D eigenvalue weighted by atomic mass is 9.87. The van der Waals surface area contributed by atoms with E-state index in [0.717, 1.165) is 29.8 Å². The molecule has 0 bridgehead atoms. The van der Waals surface area contributed by atoms with Gasteiger partial charge in [-0.25, -0.2) is 0 Å². The molecular formula is C27H30ClNO5. The SMILES string of the molecule is COc1cc2c(cc1OC)[C@H](c1cccc(Cl)c1)N(Cc1ccc(OC)c(OC)c1OC)CC2. The molecule has 3 aromatic carbocycles. The largest absolute Gasteiger partial charge is 0.493 e. The monoisotopic (exact) mass is 483 g/mol. The molecule has 1 atom stereocenters. The van der Waals surface area contributed by atoms with Crippen molar-refractivity contribution in [2.24, 2.45) is 0 Å². The van der Waals surface area contributed by atoms with E-state index in [0.29, 0.717) is 34.6 Å². The number of methoxy groups -OCH3 is 5. The number of hydrogen-bond donors (Lipinski definition) is 0. The van der Waals surface area contributed by atoms with Crippen molar-refractivity contribution in [2.75, 3.05) is 42.1 Å². The van der Waals surface area contributed by atoms with Gasteiger partial charge in [0.05, 0.1) is 41.6 Å². The Bertz CT molecular complexity index is 1170. The van der Waals surface area contributed by atoms with Gasteiger partial charge in [-0.2, -0.15) is 0 Å². The van der Waals surface area contributed by atoms with Crippen molar-refractivity contribution in [3.63, 3.8) is 0 Å². The highest BCUT2D eigenvalue weighted by Gasteiger charge is 2.31. The molecule has 0 fully saturated rings. The van der Waals surface area contributed by atoms with Gasteiger partial charge in [-0.05, 0) is 53.4 Å². The van der Waals surface area contributed by atoms with Crippen LogP contribution < -0.4 is 23.7 Å². The molecule has 0 saturated carbocycles. The zero-order valence-corrected chi connectivity index (χ0v) is 20.9. The highest BCUT2D eigenvalue weighted by Crippen LogP contribution is 2.44. The second-order valence-electron chi connectivity index (χ2n) is 8.08. The summed E-state index contributed by atoms with van der Waals surface area (Å²) in [5.41, 5.74) is 4.53. The van der Waals surface area contributed by atoms with E-state index < -0.39 is 0 Å². The standard InChI is InChI=1S/C27H30ClNO5/c1-30-22-10-9-19(26(33-4)27(22)34-5)16-29-12-11-17-14-23(31-2)24(32-3)15-21(17)25(29)18-7-6-8-20(28)13-18/h6-10,13-15,25H,11-12,16H2,1-5H3/t25-/m0/s1. The molecule has 0 spiro atoms. The lowest BCUT2D eigenvalue weighted by Crippen LogP contribution is -2.36. The second kappa shape index (κ2) is 10.5. The summed E-state index contributed by atoms with van der Waals surface area (Å²) in [6.07, 6.45) is 0.877. The van der Waals surface area contributed by atoms with E-state index in [1.54, 1.807) is 35.5 Å². The predicted octanol–water partition coefficient (Wildman–Crippen LogP) is 5.53. The Balaban J connectivity index is 1.82. The summed E-state index contributed by atoms with van der Waals surface area (Å²) in [5.74, 6) is 3.34. The molecule has 0 aromatic heterocycles. The minimum absolute atomic E-state index is 0.0277. The Morgan fingerprint density at radius 2 is 1.50 bits per heavy atom. The molecule has 180 valence electrons. The van der Waals surface area contributed by atoms with Crippen LogP contribution in [0, 0.1) is 0 Å². The molecule has 1 aliphatic heterocycles. The fraction of sp³-hybridized carbons (Fsp3) is 0.333. The van der Waals surface area contributed by atoms with Gasteiger partial charge >= 0.3 is 0 Å². The number of fused-ring (bicyclic) bond motifs is 1. The molecule has 4 rings (SSSR count). The molecule has 0 radical (unpaired) electrons. The highest BCUT2D eigenvalue weighted by molar-refractivity contribution is 6.30. The van der Waals surface area contributed by atoms with E-state index in [-0.39, 0.29) is 6.04 Å². The van der Waals surface area contributed by atoms with Crippen LogP contribution in [0.15, 0.2) is 48.5 Å². The molecule has 0 aliphatic carbocycles. The lowest BCUT2D eigenvalue weighted by Gasteiger charge is -2.38. The first kappa shape index (κ1) is 24.0. The van der Waals surface area contributed by atoms with Crippen LogP contribution in [0.4, 0.5) is 0 Å². The van der Waals surface area contributed by atoms with Gasteiger partial charge in [0.15, 0.2) is 23.0 Å². The van der Waals surface area contributed by atoms with Crippen LogP contribution in [-0.2, 0) is 13.0 Å². The molecule has 1 aliphatic rings. The van der Waals surface area contributed by atoms with Crippen LogP contribution in [0.25, 0.3) is 0 Å². The summed E-state index contributed by atoms with van der Waals surface area (Å²) in [7, 11) is 8.22. The summed E-state index contributed by atoms with van der Waals surface area (Å²) in [6, 6.07) is 16.1. The van der Waals surface area contributed by atoms with Crippen molar-refractivity contribution in [3.8, 4) is 28.7 Å². The number of rotatable bonds is 8. The second-order valence-corrected chi connectivity index (χ2v) is 8.51. The van der Waals surface area contributed by atoms with Crippen LogP contribution in [-0.4, -0.2) is 47.0 Å². The first-order valence-electron chi connectivity index (χ1n) is 11.1. The van der Waals surface area contributed by atoms with E-state index in [1.807, 2.05) is 30.3 Å². The maximum atomic E-state index is 6.41. The minimum Gasteiger partial charge on any atom is -0.493 e. The number of nitrogens with zero attached hydrogens (tertiary/aromatic N) is 1. The molecule has 0 saturated heterocycles. The van der Waals surface area contributed by atoms with E-state index in [2.05, 4.69) is 23.1 Å². The minimum atomic E-state index is -0.0277. The summed E-state index contributed by atoms with van der Waals surface area (Å²) >= 11 is 6.41. The van der Waals surface area contributed by atoms with Crippen molar-refractivity contribution in [3.05, 3.63) is 75.8 Å².